The van der Waals surface area contributed by atoms with Gasteiger partial charge in [0.15, 0.2) is 23.2 Å². The molecule has 1 aromatic carbocycles. The first-order valence-electron chi connectivity index (χ1n) is 7.96. The molecule has 0 aliphatic heterocycles. The maximum absolute atomic E-state index is 13.5. The van der Waals surface area contributed by atoms with Crippen LogP contribution in [0.5, 0.6) is 5.75 Å². The Morgan fingerprint density at radius 1 is 1.07 bits per heavy atom. The van der Waals surface area contributed by atoms with Crippen LogP contribution in [-0.4, -0.2) is 35.4 Å². The molecule has 0 saturated carbocycles. The SMILES string of the molecule is CC(C)[C@H](C)C(=O)NC(CC(=O)O)C(=O)COc1c(F)c(F)cc(F)c1F. The zero-order chi connectivity index (χ0) is 20.9. The lowest BCUT2D eigenvalue weighted by molar-refractivity contribution is -0.141. The Balaban J connectivity index is 2.92. The van der Waals surface area contributed by atoms with Crippen molar-refractivity contribution in [3.63, 3.8) is 0 Å². The number of amides is 1. The van der Waals surface area contributed by atoms with Gasteiger partial charge in [0.25, 0.3) is 0 Å². The normalized spacial score (nSPS) is 13.2. The number of halogens is 4. The number of nitrogens with one attached hydrogen (secondary N) is 1. The second-order valence-corrected chi connectivity index (χ2v) is 6.24. The minimum Gasteiger partial charge on any atom is -0.481 e. The molecule has 2 atom stereocenters. The molecule has 27 heavy (non-hydrogen) atoms. The lowest BCUT2D eigenvalue weighted by atomic mass is 9.96. The molecule has 6 nitrogen and oxygen atoms in total. The second kappa shape index (κ2) is 9.33. The Bertz CT molecular complexity index is 712. The Morgan fingerprint density at radius 3 is 2.04 bits per heavy atom. The zero-order valence-corrected chi connectivity index (χ0v) is 14.8. The number of benzene rings is 1. The van der Waals surface area contributed by atoms with Crippen LogP contribution >= 0.6 is 0 Å². The predicted molar refractivity (Wildman–Crippen MR) is 85.0 cm³/mol. The maximum atomic E-state index is 13.5. The minimum atomic E-state index is -1.84. The average Bonchev–Trinajstić information content (AvgIpc) is 2.57. The fourth-order valence-electron chi connectivity index (χ4n) is 1.95. The van der Waals surface area contributed by atoms with Crippen molar-refractivity contribution in [2.24, 2.45) is 11.8 Å². The largest absolute Gasteiger partial charge is 0.481 e. The van der Waals surface area contributed by atoms with Crippen LogP contribution in [0.15, 0.2) is 6.07 Å². The summed E-state index contributed by atoms with van der Waals surface area (Å²) < 4.78 is 57.8. The van der Waals surface area contributed by atoms with Crippen LogP contribution in [0.25, 0.3) is 0 Å². The monoisotopic (exact) mass is 393 g/mol. The van der Waals surface area contributed by atoms with E-state index >= 15 is 0 Å². The van der Waals surface area contributed by atoms with Crippen molar-refractivity contribution < 1.29 is 41.8 Å². The van der Waals surface area contributed by atoms with E-state index in [0.717, 1.165) is 0 Å². The van der Waals surface area contributed by atoms with Crippen LogP contribution < -0.4 is 10.1 Å². The number of carbonyl (C=O) groups excluding carboxylic acids is 2. The zero-order valence-electron chi connectivity index (χ0n) is 14.8. The fourth-order valence-corrected chi connectivity index (χ4v) is 1.95. The van der Waals surface area contributed by atoms with Crippen molar-refractivity contribution in [2.45, 2.75) is 33.2 Å². The molecule has 0 fully saturated rings. The highest BCUT2D eigenvalue weighted by molar-refractivity contribution is 5.93. The van der Waals surface area contributed by atoms with Crippen LogP contribution in [0.4, 0.5) is 17.6 Å². The quantitative estimate of drug-likeness (QED) is 0.497. The Hall–Kier alpha value is -2.65. The van der Waals surface area contributed by atoms with Gasteiger partial charge < -0.3 is 15.2 Å². The van der Waals surface area contributed by atoms with Crippen LogP contribution in [0.1, 0.15) is 27.2 Å². The van der Waals surface area contributed by atoms with Gasteiger partial charge in [0, 0.05) is 12.0 Å². The standard InChI is InChI=1S/C17H19F4NO5/c1-7(2)8(3)17(26)22-11(5-13(24)25)12(23)6-27-16-14(20)9(18)4-10(19)15(16)21/h4,7-8,11H,5-6H2,1-3H3,(H,22,26)(H,24,25)/t8-,11?/m0/s1. The number of carboxylic acid groups (broad SMARTS) is 1. The summed E-state index contributed by atoms with van der Waals surface area (Å²) in [5, 5.41) is 11.1. The lowest BCUT2D eigenvalue weighted by Gasteiger charge is -2.21. The summed E-state index contributed by atoms with van der Waals surface area (Å²) in [5.74, 6) is -12.3. The summed E-state index contributed by atoms with van der Waals surface area (Å²) in [6, 6.07) is -1.57. The molecule has 0 spiro atoms. The number of Topliss-reactive ketones (excluding diaryl/α,β-unsaturated/α-hetero) is 1. The number of carbonyl (C=O) groups is 3. The summed E-state index contributed by atoms with van der Waals surface area (Å²) in [4.78, 5) is 35.1. The molecule has 0 heterocycles. The maximum Gasteiger partial charge on any atom is 0.305 e. The number of rotatable bonds is 9. The van der Waals surface area contributed by atoms with Gasteiger partial charge in [-0.05, 0) is 5.92 Å². The highest BCUT2D eigenvalue weighted by Gasteiger charge is 2.28. The molecule has 1 rings (SSSR count). The van der Waals surface area contributed by atoms with Crippen molar-refractivity contribution in [1.82, 2.24) is 5.32 Å². The fraction of sp³-hybridized carbons (Fsp3) is 0.471. The van der Waals surface area contributed by atoms with E-state index in [1.165, 1.54) is 0 Å². The Labute approximate surface area is 152 Å². The molecular formula is C17H19F4NO5. The number of ether oxygens (including phenoxy) is 1. The van der Waals surface area contributed by atoms with E-state index in [9.17, 15) is 31.9 Å². The minimum absolute atomic E-state index is 0.0277. The van der Waals surface area contributed by atoms with Gasteiger partial charge in [-0.15, -0.1) is 0 Å². The highest BCUT2D eigenvalue weighted by Crippen LogP contribution is 2.26. The van der Waals surface area contributed by atoms with E-state index in [1.54, 1.807) is 20.8 Å². The first kappa shape index (κ1) is 22.4. The van der Waals surface area contributed by atoms with Crippen molar-refractivity contribution in [1.29, 1.82) is 0 Å². The summed E-state index contributed by atoms with van der Waals surface area (Å²) in [5.41, 5.74) is 0. The number of hydrogen-bond acceptors (Lipinski definition) is 4. The molecular weight excluding hydrogens is 374 g/mol. The van der Waals surface area contributed by atoms with E-state index in [-0.39, 0.29) is 12.0 Å². The molecule has 1 aromatic rings. The third kappa shape index (κ3) is 5.93. The molecule has 1 unspecified atom stereocenters. The molecule has 0 aromatic heterocycles. The second-order valence-electron chi connectivity index (χ2n) is 6.24. The van der Waals surface area contributed by atoms with Gasteiger partial charge in [-0.2, -0.15) is 8.78 Å². The topological polar surface area (TPSA) is 92.7 Å². The van der Waals surface area contributed by atoms with E-state index in [4.69, 9.17) is 5.11 Å². The molecule has 150 valence electrons. The lowest BCUT2D eigenvalue weighted by Crippen LogP contribution is -2.46. The molecule has 0 saturated heterocycles. The van der Waals surface area contributed by atoms with Crippen molar-refractivity contribution in [2.75, 3.05) is 6.61 Å². The first-order valence-corrected chi connectivity index (χ1v) is 7.96. The van der Waals surface area contributed by atoms with Crippen molar-refractivity contribution in [3.8, 4) is 5.75 Å². The van der Waals surface area contributed by atoms with E-state index in [2.05, 4.69) is 10.1 Å². The van der Waals surface area contributed by atoms with E-state index in [0.29, 0.717) is 0 Å². The molecule has 2 N–H and O–H groups in total. The Kier molecular flexibility index (Phi) is 7.74. The van der Waals surface area contributed by atoms with Gasteiger partial charge in [0.05, 0.1) is 6.42 Å². The summed E-state index contributed by atoms with van der Waals surface area (Å²) in [6.45, 7) is 3.95. The summed E-state index contributed by atoms with van der Waals surface area (Å²) in [7, 11) is 0. The number of ketones is 1. The van der Waals surface area contributed by atoms with Crippen LogP contribution in [-0.2, 0) is 14.4 Å². The van der Waals surface area contributed by atoms with Gasteiger partial charge in [-0.25, -0.2) is 8.78 Å². The highest BCUT2D eigenvalue weighted by atomic mass is 19.2. The predicted octanol–water partition coefficient (Wildman–Crippen LogP) is 2.44. The van der Waals surface area contributed by atoms with Gasteiger partial charge in [-0.1, -0.05) is 20.8 Å². The van der Waals surface area contributed by atoms with Gasteiger partial charge in [0.2, 0.25) is 17.5 Å². The number of aliphatic carboxylic acids is 1. The molecule has 10 heteroatoms. The van der Waals surface area contributed by atoms with Gasteiger partial charge >= 0.3 is 5.97 Å². The van der Waals surface area contributed by atoms with Gasteiger partial charge in [0.1, 0.15) is 12.6 Å². The smallest absolute Gasteiger partial charge is 0.305 e. The first-order chi connectivity index (χ1) is 12.5. The molecule has 0 aliphatic carbocycles. The van der Waals surface area contributed by atoms with E-state index in [1.807, 2.05) is 0 Å². The van der Waals surface area contributed by atoms with Crippen molar-refractivity contribution in [3.05, 3.63) is 29.3 Å². The molecule has 0 radical (unpaired) electrons. The Morgan fingerprint density at radius 2 is 1.59 bits per heavy atom. The summed E-state index contributed by atoms with van der Waals surface area (Å²) >= 11 is 0. The molecule has 0 aliphatic rings. The van der Waals surface area contributed by atoms with Crippen LogP contribution in [0.2, 0.25) is 0 Å². The third-order valence-corrected chi connectivity index (χ3v) is 3.93. The molecule has 1 amide bonds. The molecule has 0 bridgehead atoms. The number of hydrogen-bond donors (Lipinski definition) is 2. The van der Waals surface area contributed by atoms with Crippen LogP contribution in [0, 0.1) is 35.1 Å². The summed E-state index contributed by atoms with van der Waals surface area (Å²) in [6.07, 6.45) is -0.804. The van der Waals surface area contributed by atoms with Crippen LogP contribution in [0.3, 0.4) is 0 Å². The third-order valence-electron chi connectivity index (χ3n) is 3.93. The van der Waals surface area contributed by atoms with Gasteiger partial charge in [-0.3, -0.25) is 14.4 Å². The number of carboxylic acids is 1. The van der Waals surface area contributed by atoms with E-state index < -0.39 is 71.7 Å². The van der Waals surface area contributed by atoms with Crippen molar-refractivity contribution >= 4 is 17.7 Å². The average molecular weight is 393 g/mol.